The van der Waals surface area contributed by atoms with Crippen molar-refractivity contribution in [3.05, 3.63) is 0 Å². The fourth-order valence-corrected chi connectivity index (χ4v) is 1.03. The number of aliphatic hydroxyl groups is 1. The minimum atomic E-state index is 0.111. The number of hydrogen-bond acceptors (Lipinski definition) is 3. The second-order valence-electron chi connectivity index (χ2n) is 2.16. The van der Waals surface area contributed by atoms with Crippen molar-refractivity contribution in [2.75, 3.05) is 13.3 Å². The number of nitrogens with two attached hydrogens (primary N) is 1. The highest BCUT2D eigenvalue weighted by molar-refractivity contribution is 4.70. The quantitative estimate of drug-likeness (QED) is 0.477. The van der Waals surface area contributed by atoms with Crippen molar-refractivity contribution in [1.82, 2.24) is 4.90 Å². The zero-order chi connectivity index (χ0) is 5.98. The Balaban J connectivity index is 2.30. The minimum Gasteiger partial charge on any atom is -0.381 e. The lowest BCUT2D eigenvalue weighted by molar-refractivity contribution is 0.0985. The Hall–Kier alpha value is -0.120. The Kier molecular flexibility index (Phi) is 1.83. The predicted octanol–water partition coefficient (Wildman–Crippen LogP) is -0.683. The van der Waals surface area contributed by atoms with E-state index in [0.717, 1.165) is 19.4 Å². The molecule has 0 spiro atoms. The molecule has 1 unspecified atom stereocenters. The average molecular weight is 116 g/mol. The van der Waals surface area contributed by atoms with Gasteiger partial charge < -0.3 is 10.8 Å². The van der Waals surface area contributed by atoms with Gasteiger partial charge in [0.2, 0.25) is 0 Å². The maximum absolute atomic E-state index is 8.58. The summed E-state index contributed by atoms with van der Waals surface area (Å²) in [5, 5.41) is 8.58. The molecule has 0 aromatic heterocycles. The number of aliphatic hydroxyl groups excluding tert-OH is 1. The van der Waals surface area contributed by atoms with E-state index < -0.39 is 0 Å². The molecule has 1 aliphatic rings. The van der Waals surface area contributed by atoms with Crippen LogP contribution >= 0.6 is 0 Å². The first kappa shape index (κ1) is 6.01. The molecule has 3 heteroatoms. The largest absolute Gasteiger partial charge is 0.381 e. The lowest BCUT2D eigenvalue weighted by Gasteiger charge is -2.16. The van der Waals surface area contributed by atoms with Crippen molar-refractivity contribution in [2.45, 2.75) is 19.0 Å². The molecular formula is C5H12N2O. The molecule has 1 aliphatic heterocycles. The van der Waals surface area contributed by atoms with Gasteiger partial charge >= 0.3 is 0 Å². The maximum Gasteiger partial charge on any atom is 0.0968 e. The van der Waals surface area contributed by atoms with Crippen LogP contribution in [0.5, 0.6) is 0 Å². The molecule has 1 fully saturated rings. The van der Waals surface area contributed by atoms with E-state index in [1.807, 2.05) is 4.90 Å². The molecule has 0 aromatic carbocycles. The summed E-state index contributed by atoms with van der Waals surface area (Å²) in [6.45, 7) is 1.07. The zero-order valence-corrected chi connectivity index (χ0v) is 4.88. The highest BCUT2D eigenvalue weighted by atomic mass is 16.3. The lowest BCUT2D eigenvalue weighted by Crippen LogP contribution is -2.36. The van der Waals surface area contributed by atoms with Crippen LogP contribution in [0.1, 0.15) is 12.8 Å². The smallest absolute Gasteiger partial charge is 0.0968 e. The third kappa shape index (κ3) is 0.992. The Bertz CT molecular complexity index is 76.8. The monoisotopic (exact) mass is 116 g/mol. The van der Waals surface area contributed by atoms with Crippen molar-refractivity contribution >= 4 is 0 Å². The third-order valence-electron chi connectivity index (χ3n) is 1.60. The lowest BCUT2D eigenvalue weighted by atomic mass is 10.3. The van der Waals surface area contributed by atoms with E-state index in [2.05, 4.69) is 0 Å². The van der Waals surface area contributed by atoms with Gasteiger partial charge in [-0.1, -0.05) is 0 Å². The average Bonchev–Trinajstić information content (AvgIpc) is 2.14. The van der Waals surface area contributed by atoms with E-state index in [4.69, 9.17) is 10.8 Å². The molecule has 0 bridgehead atoms. The molecule has 48 valence electrons. The third-order valence-corrected chi connectivity index (χ3v) is 1.60. The second kappa shape index (κ2) is 2.44. The summed E-state index contributed by atoms with van der Waals surface area (Å²) in [6.07, 6.45) is 2.27. The van der Waals surface area contributed by atoms with Gasteiger partial charge in [-0.25, -0.2) is 0 Å². The Morgan fingerprint density at radius 2 is 2.50 bits per heavy atom. The second-order valence-corrected chi connectivity index (χ2v) is 2.16. The number of hydrogen-bond donors (Lipinski definition) is 2. The highest BCUT2D eigenvalue weighted by Crippen LogP contribution is 2.10. The zero-order valence-electron chi connectivity index (χ0n) is 4.88. The van der Waals surface area contributed by atoms with Crippen molar-refractivity contribution < 1.29 is 5.11 Å². The summed E-state index contributed by atoms with van der Waals surface area (Å²) in [5.74, 6) is 0. The number of likely N-dealkylation sites (tertiary alicyclic amines) is 1. The van der Waals surface area contributed by atoms with E-state index in [0.29, 0.717) is 0 Å². The van der Waals surface area contributed by atoms with E-state index >= 15 is 0 Å². The predicted molar refractivity (Wildman–Crippen MR) is 31.0 cm³/mol. The first-order chi connectivity index (χ1) is 3.84. The molecule has 0 aliphatic carbocycles. The van der Waals surface area contributed by atoms with Crippen LogP contribution in [-0.2, 0) is 0 Å². The van der Waals surface area contributed by atoms with Gasteiger partial charge in [-0.3, -0.25) is 4.90 Å². The van der Waals surface area contributed by atoms with E-state index in [-0.39, 0.29) is 12.9 Å². The van der Waals surface area contributed by atoms with Gasteiger partial charge in [-0.05, 0) is 12.8 Å². The van der Waals surface area contributed by atoms with Crippen LogP contribution in [0.25, 0.3) is 0 Å². The molecule has 1 heterocycles. The molecule has 0 saturated carbocycles. The van der Waals surface area contributed by atoms with Crippen LogP contribution in [0, 0.1) is 0 Å². The van der Waals surface area contributed by atoms with Gasteiger partial charge in [0.25, 0.3) is 0 Å². The van der Waals surface area contributed by atoms with Crippen LogP contribution in [0.3, 0.4) is 0 Å². The number of rotatable bonds is 1. The highest BCUT2D eigenvalue weighted by Gasteiger charge is 2.18. The van der Waals surface area contributed by atoms with Crippen LogP contribution in [-0.4, -0.2) is 29.4 Å². The van der Waals surface area contributed by atoms with Gasteiger partial charge in [0.15, 0.2) is 0 Å². The van der Waals surface area contributed by atoms with Crippen LogP contribution in [0.15, 0.2) is 0 Å². The normalized spacial score (nSPS) is 31.5. The summed E-state index contributed by atoms with van der Waals surface area (Å²) >= 11 is 0. The van der Waals surface area contributed by atoms with Crippen molar-refractivity contribution in [1.29, 1.82) is 0 Å². The summed E-state index contributed by atoms with van der Waals surface area (Å²) in [5.41, 5.74) is 5.56. The minimum absolute atomic E-state index is 0.111. The van der Waals surface area contributed by atoms with Crippen molar-refractivity contribution in [3.8, 4) is 0 Å². The first-order valence-corrected chi connectivity index (χ1v) is 2.95. The molecular weight excluding hydrogens is 104 g/mol. The number of nitrogens with zero attached hydrogens (tertiary/aromatic N) is 1. The van der Waals surface area contributed by atoms with Crippen LogP contribution in [0.2, 0.25) is 0 Å². The van der Waals surface area contributed by atoms with E-state index in [9.17, 15) is 0 Å². The molecule has 8 heavy (non-hydrogen) atoms. The van der Waals surface area contributed by atoms with Crippen LogP contribution in [0.4, 0.5) is 0 Å². The molecule has 1 saturated heterocycles. The van der Waals surface area contributed by atoms with E-state index in [1.165, 1.54) is 0 Å². The SMILES string of the molecule is NC1CCCN1CO. The Morgan fingerprint density at radius 3 is 2.75 bits per heavy atom. The summed E-state index contributed by atoms with van der Waals surface area (Å²) in [4.78, 5) is 1.86. The van der Waals surface area contributed by atoms with E-state index in [1.54, 1.807) is 0 Å². The fourth-order valence-electron chi connectivity index (χ4n) is 1.03. The van der Waals surface area contributed by atoms with Gasteiger partial charge in [0.1, 0.15) is 0 Å². The summed E-state index contributed by atoms with van der Waals surface area (Å²) in [7, 11) is 0. The Labute approximate surface area is 49.1 Å². The molecule has 3 N–H and O–H groups in total. The van der Waals surface area contributed by atoms with Crippen molar-refractivity contribution in [3.63, 3.8) is 0 Å². The molecule has 1 atom stereocenters. The molecule has 0 amide bonds. The van der Waals surface area contributed by atoms with Crippen LogP contribution < -0.4 is 5.73 Å². The molecule has 1 rings (SSSR count). The first-order valence-electron chi connectivity index (χ1n) is 2.95. The topological polar surface area (TPSA) is 49.5 Å². The van der Waals surface area contributed by atoms with Gasteiger partial charge in [-0.15, -0.1) is 0 Å². The van der Waals surface area contributed by atoms with Crippen molar-refractivity contribution in [2.24, 2.45) is 5.73 Å². The van der Waals surface area contributed by atoms with Gasteiger partial charge in [-0.2, -0.15) is 0 Å². The summed E-state index contributed by atoms with van der Waals surface area (Å²) < 4.78 is 0. The molecule has 0 radical (unpaired) electrons. The van der Waals surface area contributed by atoms with Gasteiger partial charge in [0.05, 0.1) is 12.9 Å². The van der Waals surface area contributed by atoms with Gasteiger partial charge in [0, 0.05) is 6.54 Å². The Morgan fingerprint density at radius 1 is 1.75 bits per heavy atom. The molecule has 3 nitrogen and oxygen atoms in total. The fraction of sp³-hybridized carbons (Fsp3) is 1.00. The maximum atomic E-state index is 8.58. The summed E-state index contributed by atoms with van der Waals surface area (Å²) in [6, 6.07) is 0. The molecule has 0 aromatic rings. The standard InChI is InChI=1S/C5H12N2O/c6-5-2-1-3-7(5)4-8/h5,8H,1-4,6H2.